The van der Waals surface area contributed by atoms with Crippen molar-refractivity contribution in [1.29, 1.82) is 0 Å². The summed E-state index contributed by atoms with van der Waals surface area (Å²) in [6.45, 7) is 9.50. The lowest BCUT2D eigenvalue weighted by molar-refractivity contribution is -0.161. The number of carbonyl (C=O) groups excluding carboxylic acids is 4. The first kappa shape index (κ1) is 83.1. The van der Waals surface area contributed by atoms with Crippen LogP contribution in [0.4, 0.5) is 0 Å². The smallest absolute Gasteiger partial charge is 0.462 e. The molecule has 3 N–H and O–H groups in total. The molecule has 0 spiro atoms. The standard InChI is InChI=1S/C66H128O17P2/c1-7-10-12-14-16-23-32-38-44-50-65(70)82-61(54-76-63(68)48-42-36-30-17-15-13-11-8-2)56-80-84(72,73)78-52-60(67)53-79-85(74,75)81-57-62(83-66(71)51-45-39-33-27-20-18-19-24-28-34-40-46-58(4)5)55-77-64(69)49-43-37-31-26-22-21-25-29-35-41-47-59(6)9-3/h58-62,67H,7-57H2,1-6H3,(H,72,73)(H,74,75)/t59?,60-,61+,62+/m0/s1. The maximum atomic E-state index is 13.0. The molecule has 3 unspecified atom stereocenters. The Morgan fingerprint density at radius 2 is 0.600 bits per heavy atom. The number of hydrogen-bond acceptors (Lipinski definition) is 15. The van der Waals surface area contributed by atoms with Crippen LogP contribution in [-0.4, -0.2) is 96.7 Å². The van der Waals surface area contributed by atoms with E-state index in [1.165, 1.54) is 141 Å². The van der Waals surface area contributed by atoms with E-state index in [2.05, 4.69) is 41.5 Å². The highest BCUT2D eigenvalue weighted by Gasteiger charge is 2.30. The molecule has 0 saturated heterocycles. The zero-order valence-electron chi connectivity index (χ0n) is 54.9. The number of esters is 4. The van der Waals surface area contributed by atoms with Gasteiger partial charge >= 0.3 is 39.5 Å². The van der Waals surface area contributed by atoms with Gasteiger partial charge in [0.2, 0.25) is 0 Å². The number of hydrogen-bond donors (Lipinski definition) is 3. The Labute approximate surface area is 517 Å². The third-order valence-corrected chi connectivity index (χ3v) is 17.5. The van der Waals surface area contributed by atoms with Crippen LogP contribution in [0.3, 0.4) is 0 Å². The summed E-state index contributed by atoms with van der Waals surface area (Å²) in [6, 6.07) is 0. The lowest BCUT2D eigenvalue weighted by Gasteiger charge is -2.21. The molecule has 0 aromatic heterocycles. The highest BCUT2D eigenvalue weighted by molar-refractivity contribution is 7.47. The molecular formula is C66H128O17P2. The Morgan fingerprint density at radius 1 is 0.341 bits per heavy atom. The first-order valence-corrected chi connectivity index (χ1v) is 37.5. The largest absolute Gasteiger partial charge is 0.472 e. The Bertz CT molecular complexity index is 1670. The summed E-state index contributed by atoms with van der Waals surface area (Å²) in [4.78, 5) is 72.2. The van der Waals surface area contributed by atoms with E-state index in [1.807, 2.05) is 0 Å². The molecule has 0 radical (unpaired) electrons. The van der Waals surface area contributed by atoms with Gasteiger partial charge in [0.05, 0.1) is 26.4 Å². The molecule has 0 saturated carbocycles. The van der Waals surface area contributed by atoms with Gasteiger partial charge in [-0.1, -0.05) is 279 Å². The van der Waals surface area contributed by atoms with Crippen LogP contribution in [0.15, 0.2) is 0 Å². The van der Waals surface area contributed by atoms with Crippen LogP contribution in [0.25, 0.3) is 0 Å². The van der Waals surface area contributed by atoms with Gasteiger partial charge in [-0.3, -0.25) is 37.3 Å². The fraction of sp³-hybridized carbons (Fsp3) is 0.939. The topological polar surface area (TPSA) is 237 Å². The molecular weight excluding hydrogens is 1130 g/mol. The second-order valence-corrected chi connectivity index (χ2v) is 27.5. The number of ether oxygens (including phenoxy) is 4. The van der Waals surface area contributed by atoms with Gasteiger partial charge in [0.25, 0.3) is 0 Å². The number of carbonyl (C=O) groups is 4. The number of phosphoric acid groups is 2. The third-order valence-electron chi connectivity index (χ3n) is 15.6. The normalized spacial score (nSPS) is 14.6. The van der Waals surface area contributed by atoms with Gasteiger partial charge in [0, 0.05) is 25.7 Å². The molecule has 85 heavy (non-hydrogen) atoms. The molecule has 0 fully saturated rings. The maximum absolute atomic E-state index is 13.0. The minimum atomic E-state index is -4.95. The summed E-state index contributed by atoms with van der Waals surface area (Å²) in [6.07, 6.45) is 41.6. The molecule has 0 bridgehead atoms. The number of aliphatic hydroxyl groups is 1. The molecule has 0 aliphatic rings. The van der Waals surface area contributed by atoms with Gasteiger partial charge in [-0.15, -0.1) is 0 Å². The van der Waals surface area contributed by atoms with Crippen LogP contribution in [-0.2, 0) is 65.4 Å². The Balaban J connectivity index is 5.22. The highest BCUT2D eigenvalue weighted by Crippen LogP contribution is 2.45. The summed E-state index contributed by atoms with van der Waals surface area (Å²) in [7, 11) is -9.89. The Hall–Kier alpha value is -1.94. The van der Waals surface area contributed by atoms with Crippen molar-refractivity contribution in [1.82, 2.24) is 0 Å². The van der Waals surface area contributed by atoms with Gasteiger partial charge in [-0.2, -0.15) is 0 Å². The van der Waals surface area contributed by atoms with Crippen LogP contribution in [0, 0.1) is 11.8 Å². The van der Waals surface area contributed by atoms with E-state index in [9.17, 15) is 43.2 Å². The van der Waals surface area contributed by atoms with E-state index < -0.39 is 97.5 Å². The molecule has 0 aromatic carbocycles. The second-order valence-electron chi connectivity index (χ2n) is 24.6. The number of phosphoric ester groups is 2. The lowest BCUT2D eigenvalue weighted by Crippen LogP contribution is -2.30. The van der Waals surface area contributed by atoms with Crippen molar-refractivity contribution in [2.45, 2.75) is 349 Å². The number of rotatable bonds is 65. The highest BCUT2D eigenvalue weighted by atomic mass is 31.2. The van der Waals surface area contributed by atoms with Crippen LogP contribution in [0.1, 0.15) is 330 Å². The molecule has 0 rings (SSSR count). The second kappa shape index (κ2) is 58.4. The Morgan fingerprint density at radius 3 is 0.894 bits per heavy atom. The van der Waals surface area contributed by atoms with Crippen LogP contribution in [0.2, 0.25) is 0 Å². The molecule has 0 aliphatic carbocycles. The van der Waals surface area contributed by atoms with Crippen LogP contribution in [0.5, 0.6) is 0 Å². The molecule has 504 valence electrons. The number of unbranched alkanes of at least 4 members (excludes halogenated alkanes) is 34. The molecule has 19 heteroatoms. The van der Waals surface area contributed by atoms with Crippen LogP contribution >= 0.6 is 15.6 Å². The summed E-state index contributed by atoms with van der Waals surface area (Å²) < 4.78 is 68.0. The predicted molar refractivity (Wildman–Crippen MR) is 340 cm³/mol. The van der Waals surface area contributed by atoms with Gasteiger partial charge in [-0.25, -0.2) is 9.13 Å². The van der Waals surface area contributed by atoms with E-state index in [-0.39, 0.29) is 25.7 Å². The average Bonchev–Trinajstić information content (AvgIpc) is 3.55. The molecule has 0 aromatic rings. The lowest BCUT2D eigenvalue weighted by atomic mass is 9.99. The molecule has 0 heterocycles. The first-order valence-electron chi connectivity index (χ1n) is 34.5. The van der Waals surface area contributed by atoms with E-state index in [0.717, 1.165) is 108 Å². The van der Waals surface area contributed by atoms with Crippen molar-refractivity contribution in [3.63, 3.8) is 0 Å². The molecule has 0 aliphatic heterocycles. The monoisotopic (exact) mass is 1250 g/mol. The van der Waals surface area contributed by atoms with Crippen molar-refractivity contribution in [3.05, 3.63) is 0 Å². The van der Waals surface area contributed by atoms with Crippen molar-refractivity contribution >= 4 is 39.5 Å². The van der Waals surface area contributed by atoms with Crippen molar-refractivity contribution in [3.8, 4) is 0 Å². The molecule has 17 nitrogen and oxygen atoms in total. The fourth-order valence-corrected chi connectivity index (χ4v) is 11.4. The fourth-order valence-electron chi connectivity index (χ4n) is 9.85. The van der Waals surface area contributed by atoms with Gasteiger partial charge in [0.15, 0.2) is 12.2 Å². The quantitative estimate of drug-likeness (QED) is 0.0222. The minimum absolute atomic E-state index is 0.105. The van der Waals surface area contributed by atoms with Gasteiger partial charge in [0.1, 0.15) is 19.3 Å². The third kappa shape index (κ3) is 59.5. The van der Waals surface area contributed by atoms with Crippen molar-refractivity contribution < 1.29 is 80.2 Å². The van der Waals surface area contributed by atoms with E-state index in [4.69, 9.17) is 37.0 Å². The van der Waals surface area contributed by atoms with Gasteiger partial charge in [-0.05, 0) is 37.5 Å². The summed E-state index contributed by atoms with van der Waals surface area (Å²) in [5.74, 6) is -0.558. The maximum Gasteiger partial charge on any atom is 0.472 e. The minimum Gasteiger partial charge on any atom is -0.462 e. The summed E-state index contributed by atoms with van der Waals surface area (Å²) in [5.41, 5.74) is 0. The SMILES string of the molecule is CCCCCCCCCCCC(=O)O[C@H](COC(=O)CCCCCCCCCC)COP(=O)(O)OC[C@H](O)COP(=O)(O)OC[C@@H](COC(=O)CCCCCCCCCCCCC(C)CC)OC(=O)CCCCCCCCCCCCCC(C)C. The zero-order chi connectivity index (χ0) is 62.9. The summed E-state index contributed by atoms with van der Waals surface area (Å²) in [5, 5.41) is 10.5. The van der Waals surface area contributed by atoms with Crippen molar-refractivity contribution in [2.24, 2.45) is 11.8 Å². The zero-order valence-corrected chi connectivity index (χ0v) is 56.7. The molecule has 6 atom stereocenters. The van der Waals surface area contributed by atoms with Crippen molar-refractivity contribution in [2.75, 3.05) is 39.6 Å². The Kier molecular flexibility index (Phi) is 57.1. The summed E-state index contributed by atoms with van der Waals surface area (Å²) >= 11 is 0. The molecule has 0 amide bonds. The van der Waals surface area contributed by atoms with E-state index >= 15 is 0 Å². The van der Waals surface area contributed by atoms with E-state index in [0.29, 0.717) is 25.7 Å². The first-order chi connectivity index (χ1) is 40.9. The average molecular weight is 1260 g/mol. The number of aliphatic hydroxyl groups excluding tert-OH is 1. The van der Waals surface area contributed by atoms with Crippen LogP contribution < -0.4 is 0 Å². The predicted octanol–water partition coefficient (Wildman–Crippen LogP) is 18.4. The van der Waals surface area contributed by atoms with E-state index in [1.54, 1.807) is 0 Å². The van der Waals surface area contributed by atoms with Gasteiger partial charge < -0.3 is 33.8 Å².